The number of amides is 2. The molecule has 2 saturated heterocycles. The third kappa shape index (κ3) is 2.74. The Morgan fingerprint density at radius 2 is 1.62 bits per heavy atom. The zero-order chi connectivity index (χ0) is 15.7. The van der Waals surface area contributed by atoms with E-state index >= 15 is 0 Å². The number of nitrogens with zero attached hydrogens (tertiary/aromatic N) is 2. The fourth-order valence-corrected chi connectivity index (χ4v) is 3.79. The van der Waals surface area contributed by atoms with E-state index in [1.54, 1.807) is 11.8 Å². The van der Waals surface area contributed by atoms with Gasteiger partial charge in [0.2, 0.25) is 0 Å². The van der Waals surface area contributed by atoms with Crippen LogP contribution in [0.3, 0.4) is 0 Å². The molecular weight excluding hydrogens is 268 g/mol. The molecule has 0 radical (unpaired) electrons. The van der Waals surface area contributed by atoms with E-state index in [0.29, 0.717) is 18.4 Å². The van der Waals surface area contributed by atoms with E-state index in [1.165, 1.54) is 0 Å². The second-order valence-electron chi connectivity index (χ2n) is 6.81. The Morgan fingerprint density at radius 1 is 1.05 bits per heavy atom. The van der Waals surface area contributed by atoms with Crippen molar-refractivity contribution in [1.82, 2.24) is 9.80 Å². The number of piperidine rings is 1. The Morgan fingerprint density at radius 3 is 2.10 bits per heavy atom. The predicted octanol–water partition coefficient (Wildman–Crippen LogP) is 2.95. The number of likely N-dealkylation sites (tertiary alicyclic amines) is 2. The molecule has 5 nitrogen and oxygen atoms in total. The number of hydrogen-bond donors (Lipinski definition) is 1. The van der Waals surface area contributed by atoms with E-state index in [9.17, 15) is 14.7 Å². The van der Waals surface area contributed by atoms with E-state index < -0.39 is 11.5 Å². The molecule has 0 saturated carbocycles. The quantitative estimate of drug-likeness (QED) is 0.871. The van der Waals surface area contributed by atoms with Crippen LogP contribution in [0, 0.1) is 5.41 Å². The molecule has 0 aromatic heterocycles. The molecule has 2 amide bonds. The van der Waals surface area contributed by atoms with Gasteiger partial charge >= 0.3 is 12.0 Å². The number of carboxylic acids is 1. The number of carboxylic acid groups (broad SMARTS) is 1. The molecule has 2 rings (SSSR count). The first-order chi connectivity index (χ1) is 9.88. The zero-order valence-corrected chi connectivity index (χ0v) is 13.5. The summed E-state index contributed by atoms with van der Waals surface area (Å²) in [5.41, 5.74) is -0.654. The molecule has 0 aromatic carbocycles. The van der Waals surface area contributed by atoms with E-state index in [-0.39, 0.29) is 6.03 Å². The molecule has 21 heavy (non-hydrogen) atoms. The number of rotatable bonds is 3. The van der Waals surface area contributed by atoms with Crippen molar-refractivity contribution in [2.45, 2.75) is 64.8 Å². The lowest BCUT2D eigenvalue weighted by Crippen LogP contribution is -2.56. The van der Waals surface area contributed by atoms with Gasteiger partial charge in [0, 0.05) is 19.6 Å². The summed E-state index contributed by atoms with van der Waals surface area (Å²) in [6.45, 7) is 8.20. The number of carbonyl (C=O) groups is 2. The summed E-state index contributed by atoms with van der Waals surface area (Å²) in [7, 11) is 0. The molecule has 1 atom stereocenters. The van der Waals surface area contributed by atoms with Crippen molar-refractivity contribution in [2.24, 2.45) is 5.41 Å². The van der Waals surface area contributed by atoms with Crippen LogP contribution < -0.4 is 0 Å². The molecule has 0 bridgehead atoms. The monoisotopic (exact) mass is 296 g/mol. The molecule has 120 valence electrons. The van der Waals surface area contributed by atoms with Crippen LogP contribution >= 0.6 is 0 Å². The maximum absolute atomic E-state index is 12.7. The van der Waals surface area contributed by atoms with Crippen LogP contribution in [-0.4, -0.2) is 52.1 Å². The second kappa shape index (κ2) is 5.85. The second-order valence-corrected chi connectivity index (χ2v) is 6.81. The van der Waals surface area contributed by atoms with Crippen LogP contribution in [0.5, 0.6) is 0 Å². The molecule has 1 unspecified atom stereocenters. The molecule has 0 aromatic rings. The van der Waals surface area contributed by atoms with Gasteiger partial charge in [-0.25, -0.2) is 9.59 Å². The van der Waals surface area contributed by atoms with Crippen LogP contribution in [0.15, 0.2) is 0 Å². The van der Waals surface area contributed by atoms with Gasteiger partial charge in [-0.2, -0.15) is 0 Å². The van der Waals surface area contributed by atoms with Gasteiger partial charge in [-0.05, 0) is 38.0 Å². The molecular formula is C16H28N2O3. The van der Waals surface area contributed by atoms with Gasteiger partial charge in [0.1, 0.15) is 5.54 Å². The van der Waals surface area contributed by atoms with Crippen molar-refractivity contribution in [1.29, 1.82) is 0 Å². The summed E-state index contributed by atoms with van der Waals surface area (Å²) in [4.78, 5) is 27.6. The molecule has 2 aliphatic rings. The highest BCUT2D eigenvalue weighted by Gasteiger charge is 2.47. The van der Waals surface area contributed by atoms with Gasteiger partial charge in [0.05, 0.1) is 0 Å². The Labute approximate surface area is 127 Å². The van der Waals surface area contributed by atoms with Crippen LogP contribution in [-0.2, 0) is 4.79 Å². The molecule has 0 spiro atoms. The fraction of sp³-hybridized carbons (Fsp3) is 0.875. The third-order valence-corrected chi connectivity index (χ3v) is 5.93. The van der Waals surface area contributed by atoms with E-state index in [2.05, 4.69) is 13.8 Å². The van der Waals surface area contributed by atoms with Crippen LogP contribution in [0.25, 0.3) is 0 Å². The Hall–Kier alpha value is -1.26. The summed E-state index contributed by atoms with van der Waals surface area (Å²) in [6.07, 6.45) is 5.70. The van der Waals surface area contributed by atoms with Crippen LogP contribution in [0.4, 0.5) is 4.79 Å². The van der Waals surface area contributed by atoms with Crippen molar-refractivity contribution in [3.05, 3.63) is 0 Å². The lowest BCUT2D eigenvalue weighted by Gasteiger charge is -2.43. The van der Waals surface area contributed by atoms with Gasteiger partial charge in [0.15, 0.2) is 0 Å². The van der Waals surface area contributed by atoms with Crippen molar-refractivity contribution in [3.63, 3.8) is 0 Å². The topological polar surface area (TPSA) is 60.9 Å². The van der Waals surface area contributed by atoms with Crippen LogP contribution in [0.1, 0.15) is 59.3 Å². The minimum atomic E-state index is -1.03. The molecule has 2 heterocycles. The molecule has 0 aliphatic carbocycles. The van der Waals surface area contributed by atoms with E-state index in [4.69, 9.17) is 0 Å². The van der Waals surface area contributed by atoms with Crippen molar-refractivity contribution < 1.29 is 14.7 Å². The SMILES string of the molecule is CCC1(CC)CCN(C(=O)N2CCCC2(C)C(=O)O)CC1. The maximum atomic E-state index is 12.7. The average Bonchev–Trinajstić information content (AvgIpc) is 2.90. The van der Waals surface area contributed by atoms with Crippen molar-refractivity contribution >= 4 is 12.0 Å². The summed E-state index contributed by atoms with van der Waals surface area (Å²) in [5.74, 6) is -0.887. The van der Waals surface area contributed by atoms with Gasteiger partial charge in [0.25, 0.3) is 0 Å². The smallest absolute Gasteiger partial charge is 0.329 e. The minimum absolute atomic E-state index is 0.0850. The fourth-order valence-electron chi connectivity index (χ4n) is 3.79. The molecule has 2 fully saturated rings. The molecule has 1 N–H and O–H groups in total. The normalized spacial score (nSPS) is 28.7. The summed E-state index contributed by atoms with van der Waals surface area (Å²) in [5, 5.41) is 9.44. The highest BCUT2D eigenvalue weighted by atomic mass is 16.4. The van der Waals surface area contributed by atoms with Gasteiger partial charge in [-0.3, -0.25) is 0 Å². The van der Waals surface area contributed by atoms with Gasteiger partial charge in [-0.15, -0.1) is 0 Å². The maximum Gasteiger partial charge on any atom is 0.329 e. The van der Waals surface area contributed by atoms with Gasteiger partial charge in [-0.1, -0.05) is 26.7 Å². The molecule has 5 heteroatoms. The highest BCUT2D eigenvalue weighted by Crippen LogP contribution is 2.39. The van der Waals surface area contributed by atoms with Crippen LogP contribution in [0.2, 0.25) is 0 Å². The largest absolute Gasteiger partial charge is 0.480 e. The summed E-state index contributed by atoms with van der Waals surface area (Å²) < 4.78 is 0. The number of carbonyl (C=O) groups excluding carboxylic acids is 1. The standard InChI is InChI=1S/C16H28N2O3/c1-4-16(5-2)8-11-17(12-9-16)14(21)18-10-6-7-15(18,3)13(19)20/h4-12H2,1-3H3,(H,19,20). The van der Waals surface area contributed by atoms with Gasteiger partial charge < -0.3 is 14.9 Å². The number of urea groups is 1. The molecule has 2 aliphatic heterocycles. The lowest BCUT2D eigenvalue weighted by atomic mass is 9.74. The van der Waals surface area contributed by atoms with E-state index in [0.717, 1.165) is 45.2 Å². The number of aliphatic carboxylic acids is 1. The van der Waals surface area contributed by atoms with Crippen molar-refractivity contribution in [3.8, 4) is 0 Å². The first-order valence-corrected chi connectivity index (χ1v) is 8.18. The Kier molecular flexibility index (Phi) is 4.49. The zero-order valence-electron chi connectivity index (χ0n) is 13.5. The minimum Gasteiger partial charge on any atom is -0.480 e. The Balaban J connectivity index is 2.04. The first kappa shape index (κ1) is 16.1. The Bertz CT molecular complexity index is 410. The predicted molar refractivity (Wildman–Crippen MR) is 81.2 cm³/mol. The van der Waals surface area contributed by atoms with E-state index in [1.807, 2.05) is 4.90 Å². The van der Waals surface area contributed by atoms with Crippen molar-refractivity contribution in [2.75, 3.05) is 19.6 Å². The average molecular weight is 296 g/mol. The highest BCUT2D eigenvalue weighted by molar-refractivity contribution is 5.86. The number of hydrogen-bond acceptors (Lipinski definition) is 2. The lowest BCUT2D eigenvalue weighted by molar-refractivity contribution is -0.147. The summed E-state index contributed by atoms with van der Waals surface area (Å²) >= 11 is 0. The first-order valence-electron chi connectivity index (χ1n) is 8.18. The third-order valence-electron chi connectivity index (χ3n) is 5.93. The summed E-state index contributed by atoms with van der Waals surface area (Å²) in [6, 6.07) is -0.0850.